The van der Waals surface area contributed by atoms with Crippen LogP contribution in [0.1, 0.15) is 5.56 Å². The fourth-order valence-corrected chi connectivity index (χ4v) is 3.97. The van der Waals surface area contributed by atoms with Crippen molar-refractivity contribution in [3.05, 3.63) is 60.2 Å². The number of sulfonamides is 1. The molecule has 0 saturated heterocycles. The minimum Gasteiger partial charge on any atom is -0.341 e. The van der Waals surface area contributed by atoms with E-state index in [1.807, 2.05) is 18.2 Å². The molecule has 0 unspecified atom stereocenters. The maximum absolute atomic E-state index is 12.3. The van der Waals surface area contributed by atoms with Crippen LogP contribution in [-0.4, -0.2) is 45.3 Å². The molecule has 1 heterocycles. The highest BCUT2D eigenvalue weighted by molar-refractivity contribution is 7.90. The summed E-state index contributed by atoms with van der Waals surface area (Å²) in [5.74, 6) is 0.431. The summed E-state index contributed by atoms with van der Waals surface area (Å²) >= 11 is 0. The summed E-state index contributed by atoms with van der Waals surface area (Å²) < 4.78 is 28.6. The highest BCUT2D eigenvalue weighted by Crippen LogP contribution is 2.26. The van der Waals surface area contributed by atoms with Gasteiger partial charge in [-0.2, -0.15) is 8.42 Å². The Hall–Kier alpha value is -2.22. The summed E-state index contributed by atoms with van der Waals surface area (Å²) in [7, 11) is -3.65. The minimum atomic E-state index is -3.65. The van der Waals surface area contributed by atoms with Crippen molar-refractivity contribution in [2.24, 2.45) is 10.1 Å². The lowest BCUT2D eigenvalue weighted by Crippen LogP contribution is -2.39. The van der Waals surface area contributed by atoms with E-state index >= 15 is 0 Å². The number of rotatable bonds is 7. The van der Waals surface area contributed by atoms with Gasteiger partial charge in [-0.05, 0) is 24.1 Å². The minimum absolute atomic E-state index is 0.216. The molecule has 0 saturated carbocycles. The zero-order valence-electron chi connectivity index (χ0n) is 13.9. The lowest BCUT2D eigenvalue weighted by atomic mass is 10.1. The average Bonchev–Trinajstić information content (AvgIpc) is 2.60. The van der Waals surface area contributed by atoms with Crippen molar-refractivity contribution < 1.29 is 8.42 Å². The van der Waals surface area contributed by atoms with E-state index in [9.17, 15) is 8.42 Å². The van der Waals surface area contributed by atoms with Crippen LogP contribution in [0, 0.1) is 0 Å². The van der Waals surface area contributed by atoms with E-state index in [1.54, 1.807) is 24.3 Å². The predicted octanol–water partition coefficient (Wildman–Crippen LogP) is 1.70. The smallest absolute Gasteiger partial charge is 0.286 e. The maximum Gasteiger partial charge on any atom is 0.286 e. The SMILES string of the molecule is NCCN(CCc1ccccc1)CC1=NS(=O)(=O)c2ccccc2N1. The molecule has 1 aliphatic rings. The van der Waals surface area contributed by atoms with Gasteiger partial charge in [-0.1, -0.05) is 42.5 Å². The van der Waals surface area contributed by atoms with Crippen molar-refractivity contribution in [1.82, 2.24) is 4.90 Å². The van der Waals surface area contributed by atoms with Crippen molar-refractivity contribution in [1.29, 1.82) is 0 Å². The number of amidine groups is 1. The summed E-state index contributed by atoms with van der Waals surface area (Å²) in [6.07, 6.45) is 0.872. The van der Waals surface area contributed by atoms with Crippen LogP contribution < -0.4 is 11.1 Å². The number of nitrogens with zero attached hydrogens (tertiary/aromatic N) is 2. The standard InChI is InChI=1S/C18H22N4O2S/c19-11-13-22(12-10-15-6-2-1-3-7-15)14-18-20-16-8-4-5-9-17(16)25(23,24)21-18/h1-9H,10-14,19H2,(H,20,21). The Morgan fingerprint density at radius 2 is 1.72 bits per heavy atom. The zero-order valence-corrected chi connectivity index (χ0v) is 14.7. The molecule has 0 fully saturated rings. The summed E-state index contributed by atoms with van der Waals surface area (Å²) in [6, 6.07) is 17.0. The van der Waals surface area contributed by atoms with Crippen LogP contribution in [0.5, 0.6) is 0 Å². The van der Waals surface area contributed by atoms with Gasteiger partial charge in [0, 0.05) is 19.6 Å². The molecule has 2 aromatic rings. The molecule has 0 aromatic heterocycles. The van der Waals surface area contributed by atoms with Gasteiger partial charge >= 0.3 is 0 Å². The van der Waals surface area contributed by atoms with E-state index in [-0.39, 0.29) is 4.90 Å². The van der Waals surface area contributed by atoms with E-state index in [0.717, 1.165) is 13.0 Å². The Kier molecular flexibility index (Phi) is 5.47. The normalized spacial score (nSPS) is 15.4. The van der Waals surface area contributed by atoms with Gasteiger partial charge < -0.3 is 11.1 Å². The molecule has 132 valence electrons. The third kappa shape index (κ3) is 4.45. The maximum atomic E-state index is 12.3. The van der Waals surface area contributed by atoms with Gasteiger partial charge in [0.1, 0.15) is 10.7 Å². The molecule has 6 nitrogen and oxygen atoms in total. The molecule has 7 heteroatoms. The first-order valence-corrected chi connectivity index (χ1v) is 9.69. The zero-order chi connectivity index (χ0) is 17.7. The van der Waals surface area contributed by atoms with Gasteiger partial charge in [-0.15, -0.1) is 4.40 Å². The van der Waals surface area contributed by atoms with E-state index in [4.69, 9.17) is 5.73 Å². The quantitative estimate of drug-likeness (QED) is 0.787. The van der Waals surface area contributed by atoms with Crippen LogP contribution in [-0.2, 0) is 16.4 Å². The number of hydrogen-bond acceptors (Lipinski definition) is 5. The van der Waals surface area contributed by atoms with Gasteiger partial charge in [0.15, 0.2) is 0 Å². The van der Waals surface area contributed by atoms with Crippen LogP contribution in [0.3, 0.4) is 0 Å². The van der Waals surface area contributed by atoms with Crippen molar-refractivity contribution in [2.45, 2.75) is 11.3 Å². The third-order valence-electron chi connectivity index (χ3n) is 4.05. The second-order valence-electron chi connectivity index (χ2n) is 5.93. The van der Waals surface area contributed by atoms with Crippen LogP contribution in [0.15, 0.2) is 63.9 Å². The largest absolute Gasteiger partial charge is 0.341 e. The summed E-state index contributed by atoms with van der Waals surface area (Å²) in [4.78, 5) is 2.33. The second-order valence-corrected chi connectivity index (χ2v) is 7.51. The van der Waals surface area contributed by atoms with Crippen molar-refractivity contribution >= 4 is 21.5 Å². The first-order chi connectivity index (χ1) is 12.1. The molecule has 3 rings (SSSR count). The van der Waals surface area contributed by atoms with Gasteiger partial charge in [0.05, 0.1) is 12.2 Å². The van der Waals surface area contributed by atoms with Gasteiger partial charge in [-0.3, -0.25) is 4.90 Å². The number of anilines is 1. The Balaban J connectivity index is 1.71. The Morgan fingerprint density at radius 1 is 1.00 bits per heavy atom. The number of benzene rings is 2. The fraction of sp³-hybridized carbons (Fsp3) is 0.278. The van der Waals surface area contributed by atoms with Gasteiger partial charge in [0.25, 0.3) is 10.0 Å². The summed E-state index contributed by atoms with van der Waals surface area (Å²) in [5.41, 5.74) is 7.52. The van der Waals surface area contributed by atoms with Gasteiger partial charge in [-0.25, -0.2) is 0 Å². The molecule has 0 amide bonds. The molecule has 0 atom stereocenters. The highest BCUT2D eigenvalue weighted by Gasteiger charge is 2.25. The van der Waals surface area contributed by atoms with E-state index in [1.165, 1.54) is 5.56 Å². The second kappa shape index (κ2) is 7.77. The van der Waals surface area contributed by atoms with E-state index < -0.39 is 10.0 Å². The van der Waals surface area contributed by atoms with Crippen LogP contribution in [0.2, 0.25) is 0 Å². The molecule has 3 N–H and O–H groups in total. The van der Waals surface area contributed by atoms with Gasteiger partial charge in [0.2, 0.25) is 0 Å². The molecular formula is C18H22N4O2S. The molecule has 0 bridgehead atoms. The molecule has 0 aliphatic carbocycles. The summed E-state index contributed by atoms with van der Waals surface area (Å²) in [5, 5.41) is 3.13. The Labute approximate surface area is 148 Å². The molecule has 0 spiro atoms. The van der Waals surface area contributed by atoms with E-state index in [0.29, 0.717) is 31.2 Å². The number of hydrogen-bond donors (Lipinski definition) is 2. The lowest BCUT2D eigenvalue weighted by molar-refractivity contribution is 0.323. The highest BCUT2D eigenvalue weighted by atomic mass is 32.2. The Bertz CT molecular complexity index is 850. The average molecular weight is 358 g/mol. The number of fused-ring (bicyclic) bond motifs is 1. The third-order valence-corrected chi connectivity index (χ3v) is 5.43. The molecule has 25 heavy (non-hydrogen) atoms. The number of nitrogens with two attached hydrogens (primary N) is 1. The van der Waals surface area contributed by atoms with Crippen LogP contribution in [0.25, 0.3) is 0 Å². The van der Waals surface area contributed by atoms with Crippen LogP contribution in [0.4, 0.5) is 5.69 Å². The van der Waals surface area contributed by atoms with Crippen molar-refractivity contribution in [3.8, 4) is 0 Å². The lowest BCUT2D eigenvalue weighted by Gasteiger charge is -2.25. The monoisotopic (exact) mass is 358 g/mol. The number of para-hydroxylation sites is 1. The summed E-state index contributed by atoms with van der Waals surface area (Å²) in [6.45, 7) is 2.38. The molecule has 0 radical (unpaired) electrons. The van der Waals surface area contributed by atoms with Crippen LogP contribution >= 0.6 is 0 Å². The predicted molar refractivity (Wildman–Crippen MR) is 100 cm³/mol. The van der Waals surface area contributed by atoms with E-state index in [2.05, 4.69) is 26.7 Å². The molecule has 2 aromatic carbocycles. The first kappa shape index (κ1) is 17.6. The molecule has 1 aliphatic heterocycles. The van der Waals surface area contributed by atoms with Crippen molar-refractivity contribution in [2.75, 3.05) is 31.5 Å². The molecular weight excluding hydrogens is 336 g/mol. The fourth-order valence-electron chi connectivity index (χ4n) is 2.83. The first-order valence-electron chi connectivity index (χ1n) is 8.25. The Morgan fingerprint density at radius 3 is 2.48 bits per heavy atom. The topological polar surface area (TPSA) is 87.8 Å². The number of nitrogens with one attached hydrogen (secondary N) is 1. The van der Waals surface area contributed by atoms with Crippen molar-refractivity contribution in [3.63, 3.8) is 0 Å².